The molecule has 0 aromatic carbocycles. The predicted molar refractivity (Wildman–Crippen MR) is 174 cm³/mol. The SMILES string of the molecule is Cc1nn(COCCS(C)(C)C)c(C)c1-c1ncc(NC(=O)C(NC(=O)c2ccnn2C(C)C)C(C2CC2)C2CC2)cc1O. The summed E-state index contributed by atoms with van der Waals surface area (Å²) in [5, 5.41) is 26.0. The molecular formula is C32H47N7O4S. The van der Waals surface area contributed by atoms with Crippen LogP contribution in [0.4, 0.5) is 5.69 Å². The first-order valence-corrected chi connectivity index (χ1v) is 18.5. The summed E-state index contributed by atoms with van der Waals surface area (Å²) in [6, 6.07) is 2.49. The second kappa shape index (κ2) is 12.9. The molecular weight excluding hydrogens is 578 g/mol. The van der Waals surface area contributed by atoms with Crippen LogP contribution in [0.3, 0.4) is 0 Å². The highest BCUT2D eigenvalue weighted by molar-refractivity contribution is 8.32. The van der Waals surface area contributed by atoms with Crippen LogP contribution in [-0.2, 0) is 16.3 Å². The Balaban J connectivity index is 1.32. The van der Waals surface area contributed by atoms with E-state index in [1.54, 1.807) is 27.8 Å². The molecule has 3 aromatic rings. The van der Waals surface area contributed by atoms with Gasteiger partial charge in [-0.15, -0.1) is 0 Å². The maximum absolute atomic E-state index is 13.8. The molecule has 1 unspecified atom stereocenters. The highest BCUT2D eigenvalue weighted by Gasteiger charge is 2.48. The van der Waals surface area contributed by atoms with Crippen molar-refractivity contribution in [1.82, 2.24) is 29.9 Å². The van der Waals surface area contributed by atoms with Gasteiger partial charge in [0.05, 0.1) is 24.2 Å². The number of amides is 2. The van der Waals surface area contributed by atoms with E-state index in [2.05, 4.69) is 44.6 Å². The molecule has 2 aliphatic rings. The largest absolute Gasteiger partial charge is 0.506 e. The van der Waals surface area contributed by atoms with Crippen LogP contribution in [0.15, 0.2) is 24.5 Å². The highest BCUT2D eigenvalue weighted by atomic mass is 32.3. The van der Waals surface area contributed by atoms with Gasteiger partial charge in [0.2, 0.25) is 5.91 Å². The zero-order valence-electron chi connectivity index (χ0n) is 27.0. The number of hydrogen-bond donors (Lipinski definition) is 3. The van der Waals surface area contributed by atoms with Crippen LogP contribution in [0.2, 0.25) is 0 Å². The molecule has 12 heteroatoms. The summed E-state index contributed by atoms with van der Waals surface area (Å²) in [6.45, 7) is 8.72. The minimum Gasteiger partial charge on any atom is -0.506 e. The molecule has 1 atom stereocenters. The van der Waals surface area contributed by atoms with Crippen LogP contribution in [0, 0.1) is 31.6 Å². The van der Waals surface area contributed by atoms with Crippen molar-refractivity contribution in [2.45, 2.75) is 72.2 Å². The Bertz CT molecular complexity index is 1490. The Morgan fingerprint density at radius 2 is 1.82 bits per heavy atom. The summed E-state index contributed by atoms with van der Waals surface area (Å²) in [5.74, 6) is 1.25. The van der Waals surface area contributed by atoms with Crippen LogP contribution in [0.1, 0.15) is 67.4 Å². The number of anilines is 1. The lowest BCUT2D eigenvalue weighted by Gasteiger charge is -2.27. The van der Waals surface area contributed by atoms with Crippen molar-refractivity contribution >= 4 is 27.5 Å². The van der Waals surface area contributed by atoms with Crippen LogP contribution in [-0.4, -0.2) is 78.6 Å². The summed E-state index contributed by atoms with van der Waals surface area (Å²) in [7, 11) is -0.639. The fraction of sp³-hybridized carbons (Fsp3) is 0.594. The van der Waals surface area contributed by atoms with Gasteiger partial charge in [0.1, 0.15) is 29.9 Å². The summed E-state index contributed by atoms with van der Waals surface area (Å²) in [5.41, 5.74) is 3.49. The second-order valence-corrected chi connectivity index (χ2v) is 18.0. The highest BCUT2D eigenvalue weighted by Crippen LogP contribution is 2.51. The second-order valence-electron chi connectivity index (χ2n) is 13.4. The summed E-state index contributed by atoms with van der Waals surface area (Å²) < 4.78 is 9.33. The number of ether oxygens (including phenoxy) is 1. The van der Waals surface area contributed by atoms with Crippen molar-refractivity contribution in [2.75, 3.05) is 36.4 Å². The van der Waals surface area contributed by atoms with Gasteiger partial charge in [-0.3, -0.25) is 19.3 Å². The summed E-state index contributed by atoms with van der Waals surface area (Å²) in [6.07, 6.45) is 14.2. The summed E-state index contributed by atoms with van der Waals surface area (Å²) in [4.78, 5) is 31.8. The van der Waals surface area contributed by atoms with E-state index in [0.717, 1.165) is 48.4 Å². The molecule has 2 aliphatic carbocycles. The van der Waals surface area contributed by atoms with Gasteiger partial charge < -0.3 is 20.5 Å². The predicted octanol–water partition coefficient (Wildman–Crippen LogP) is 4.89. The van der Waals surface area contributed by atoms with E-state index >= 15 is 0 Å². The summed E-state index contributed by atoms with van der Waals surface area (Å²) >= 11 is 0. The van der Waals surface area contributed by atoms with Crippen molar-refractivity contribution < 1.29 is 19.4 Å². The van der Waals surface area contributed by atoms with Crippen LogP contribution < -0.4 is 10.6 Å². The molecule has 2 fully saturated rings. The Kier molecular flexibility index (Phi) is 9.41. The van der Waals surface area contributed by atoms with Crippen molar-refractivity contribution in [1.29, 1.82) is 0 Å². The molecule has 0 radical (unpaired) electrons. The third-order valence-corrected chi connectivity index (χ3v) is 9.88. The smallest absolute Gasteiger partial charge is 0.270 e. The van der Waals surface area contributed by atoms with Gasteiger partial charge in [-0.1, -0.05) is 0 Å². The first kappa shape index (κ1) is 32.0. The third kappa shape index (κ3) is 7.46. The number of hydrogen-bond acceptors (Lipinski definition) is 7. The number of rotatable bonds is 14. The molecule has 3 aromatic heterocycles. The number of aryl methyl sites for hydroxylation is 1. The normalized spacial score (nSPS) is 16.4. The van der Waals surface area contributed by atoms with E-state index < -0.39 is 16.1 Å². The van der Waals surface area contributed by atoms with E-state index in [1.165, 1.54) is 6.07 Å². The fourth-order valence-electron chi connectivity index (χ4n) is 5.91. The van der Waals surface area contributed by atoms with Gasteiger partial charge in [-0.25, -0.2) is 14.7 Å². The van der Waals surface area contributed by atoms with Gasteiger partial charge >= 0.3 is 0 Å². The molecule has 0 aliphatic heterocycles. The molecule has 0 spiro atoms. The topological polar surface area (TPSA) is 136 Å². The van der Waals surface area contributed by atoms with Crippen molar-refractivity contribution in [3.63, 3.8) is 0 Å². The third-order valence-electron chi connectivity index (χ3n) is 8.49. The number of aromatic hydroxyl groups is 1. The van der Waals surface area contributed by atoms with E-state index in [1.807, 2.05) is 27.7 Å². The fourth-order valence-corrected chi connectivity index (χ4v) is 6.53. The van der Waals surface area contributed by atoms with Gasteiger partial charge in [-0.05, 0) is 96.0 Å². The quantitative estimate of drug-likeness (QED) is 0.217. The minimum absolute atomic E-state index is 0.00882. The number of nitrogens with zero attached hydrogens (tertiary/aromatic N) is 5. The number of aromatic nitrogens is 5. The molecule has 2 saturated carbocycles. The zero-order chi connectivity index (χ0) is 31.8. The first-order chi connectivity index (χ1) is 20.8. The van der Waals surface area contributed by atoms with Gasteiger partial charge in [0.25, 0.3) is 5.91 Å². The first-order valence-electron chi connectivity index (χ1n) is 15.5. The maximum atomic E-state index is 13.8. The molecule has 0 bridgehead atoms. The molecule has 3 heterocycles. The Morgan fingerprint density at radius 1 is 1.14 bits per heavy atom. The lowest BCUT2D eigenvalue weighted by Crippen LogP contribution is -2.50. The number of nitrogens with one attached hydrogen (secondary N) is 2. The van der Waals surface area contributed by atoms with Crippen molar-refractivity contribution in [3.05, 3.63) is 41.6 Å². The number of carbonyl (C=O) groups excluding carboxylic acids is 2. The van der Waals surface area contributed by atoms with Crippen molar-refractivity contribution in [2.24, 2.45) is 17.8 Å². The van der Waals surface area contributed by atoms with E-state index in [-0.39, 0.29) is 29.5 Å². The lowest BCUT2D eigenvalue weighted by atomic mass is 9.88. The maximum Gasteiger partial charge on any atom is 0.270 e. The van der Waals surface area contributed by atoms with E-state index in [0.29, 0.717) is 42.2 Å². The molecule has 3 N–H and O–H groups in total. The van der Waals surface area contributed by atoms with Crippen LogP contribution in [0.5, 0.6) is 5.75 Å². The Morgan fingerprint density at radius 3 is 2.41 bits per heavy atom. The average Bonchev–Trinajstić information content (AvgIpc) is 3.88. The van der Waals surface area contributed by atoms with Crippen LogP contribution >= 0.6 is 10.0 Å². The Hall–Kier alpha value is -3.38. The van der Waals surface area contributed by atoms with Gasteiger partial charge in [-0.2, -0.15) is 10.2 Å². The Labute approximate surface area is 261 Å². The van der Waals surface area contributed by atoms with E-state index in [9.17, 15) is 14.7 Å². The number of pyridine rings is 1. The van der Waals surface area contributed by atoms with Crippen LogP contribution in [0.25, 0.3) is 11.3 Å². The molecule has 240 valence electrons. The van der Waals surface area contributed by atoms with E-state index in [4.69, 9.17) is 4.74 Å². The molecule has 11 nitrogen and oxygen atoms in total. The zero-order valence-corrected chi connectivity index (χ0v) is 27.8. The lowest BCUT2D eigenvalue weighted by molar-refractivity contribution is -0.119. The van der Waals surface area contributed by atoms with Crippen molar-refractivity contribution in [3.8, 4) is 17.0 Å². The molecule has 2 amide bonds. The molecule has 0 saturated heterocycles. The standard InChI is InChI=1S/C32H47N7O4S/c1-19(2)39-25(12-13-34-39)31(41)36-30(28(22-8-9-22)23-10-11-23)32(42)35-24-16-26(40)29(33-17-24)27-20(3)37-38(21(27)4)18-43-14-15-44(5,6)7/h12-13,16-17,19,22-23,28,30,40H,8-11,14-15,18H2,1-7H3,(H,35,42)(H,36,41). The molecule has 44 heavy (non-hydrogen) atoms. The average molecular weight is 626 g/mol. The van der Waals surface area contributed by atoms with Gasteiger partial charge in [0.15, 0.2) is 0 Å². The number of carbonyl (C=O) groups is 2. The minimum atomic E-state index is -0.706. The monoisotopic (exact) mass is 625 g/mol. The molecule has 5 rings (SSSR count). The van der Waals surface area contributed by atoms with Gasteiger partial charge in [0, 0.05) is 35.3 Å².